The third-order valence-electron chi connectivity index (χ3n) is 6.05. The molecule has 6 heteroatoms. The Morgan fingerprint density at radius 2 is 1.69 bits per heavy atom. The first-order chi connectivity index (χ1) is 17.5. The van der Waals surface area contributed by atoms with E-state index in [1.807, 2.05) is 67.6 Å². The van der Waals surface area contributed by atoms with Crippen molar-refractivity contribution >= 4 is 39.8 Å². The molecule has 1 heterocycles. The normalized spacial score (nSPS) is 14.6. The molecule has 5 rings (SSSR count). The summed E-state index contributed by atoms with van der Waals surface area (Å²) in [7, 11) is 1.58. The molecule has 4 aromatic carbocycles. The van der Waals surface area contributed by atoms with Gasteiger partial charge in [-0.3, -0.25) is 14.5 Å². The molecule has 36 heavy (non-hydrogen) atoms. The number of imide groups is 1. The Bertz CT molecular complexity index is 1490. The Hall–Kier alpha value is -4.03. The number of methoxy groups -OCH3 is 1. The van der Waals surface area contributed by atoms with Crippen LogP contribution >= 0.6 is 11.8 Å². The van der Waals surface area contributed by atoms with Crippen molar-refractivity contribution in [3.8, 4) is 11.5 Å². The number of nitrogens with zero attached hydrogens (tertiary/aromatic N) is 1. The first-order valence-electron chi connectivity index (χ1n) is 11.6. The maximum atomic E-state index is 13.0. The van der Waals surface area contributed by atoms with Crippen LogP contribution in [0.2, 0.25) is 0 Å². The van der Waals surface area contributed by atoms with Gasteiger partial charge in [-0.15, -0.1) is 0 Å². The van der Waals surface area contributed by atoms with E-state index in [1.165, 1.54) is 4.90 Å². The quantitative estimate of drug-likeness (QED) is 0.259. The number of fused-ring (bicyclic) bond motifs is 1. The SMILES string of the molecule is COc1cc(/C=C2\SC(=O)N(Cc3cccc(C)c3)C2=O)ccc1OCc1cccc2ccccc12. The zero-order chi connectivity index (χ0) is 25.1. The molecule has 5 nitrogen and oxygen atoms in total. The molecule has 0 spiro atoms. The minimum absolute atomic E-state index is 0.258. The molecule has 0 aliphatic carbocycles. The van der Waals surface area contributed by atoms with Gasteiger partial charge in [-0.2, -0.15) is 0 Å². The van der Waals surface area contributed by atoms with Crippen LogP contribution in [0.1, 0.15) is 22.3 Å². The minimum Gasteiger partial charge on any atom is -0.493 e. The molecule has 0 aromatic heterocycles. The van der Waals surface area contributed by atoms with Gasteiger partial charge in [0.2, 0.25) is 0 Å². The van der Waals surface area contributed by atoms with Crippen molar-refractivity contribution in [2.75, 3.05) is 7.11 Å². The molecule has 2 amide bonds. The smallest absolute Gasteiger partial charge is 0.293 e. The van der Waals surface area contributed by atoms with Gasteiger partial charge in [0.1, 0.15) is 6.61 Å². The number of thioether (sulfide) groups is 1. The molecule has 0 unspecified atom stereocenters. The van der Waals surface area contributed by atoms with E-state index in [0.717, 1.165) is 44.8 Å². The third-order valence-corrected chi connectivity index (χ3v) is 6.95. The third kappa shape index (κ3) is 4.99. The Kier molecular flexibility index (Phi) is 6.78. The average Bonchev–Trinajstić information content (AvgIpc) is 3.15. The van der Waals surface area contributed by atoms with Crippen LogP contribution in [0.25, 0.3) is 16.8 Å². The number of rotatable bonds is 7. The van der Waals surface area contributed by atoms with E-state index >= 15 is 0 Å². The van der Waals surface area contributed by atoms with Crippen LogP contribution in [0.5, 0.6) is 11.5 Å². The summed E-state index contributed by atoms with van der Waals surface area (Å²) in [5.74, 6) is 0.875. The first kappa shape index (κ1) is 23.7. The fourth-order valence-electron chi connectivity index (χ4n) is 4.25. The van der Waals surface area contributed by atoms with Crippen molar-refractivity contribution in [1.82, 2.24) is 4.90 Å². The van der Waals surface area contributed by atoms with Gasteiger partial charge in [0.15, 0.2) is 11.5 Å². The zero-order valence-electron chi connectivity index (χ0n) is 20.1. The van der Waals surface area contributed by atoms with Gasteiger partial charge >= 0.3 is 0 Å². The van der Waals surface area contributed by atoms with E-state index in [2.05, 4.69) is 24.3 Å². The highest BCUT2D eigenvalue weighted by molar-refractivity contribution is 8.18. The summed E-state index contributed by atoms with van der Waals surface area (Å²) in [4.78, 5) is 27.2. The van der Waals surface area contributed by atoms with Crippen molar-refractivity contribution in [2.45, 2.75) is 20.1 Å². The maximum absolute atomic E-state index is 13.0. The van der Waals surface area contributed by atoms with Crippen LogP contribution in [-0.4, -0.2) is 23.2 Å². The molecule has 0 atom stereocenters. The molecule has 0 radical (unpaired) electrons. The number of amides is 2. The number of ether oxygens (including phenoxy) is 2. The predicted octanol–water partition coefficient (Wildman–Crippen LogP) is 6.97. The fourth-order valence-corrected chi connectivity index (χ4v) is 5.09. The van der Waals surface area contributed by atoms with Gasteiger partial charge in [0, 0.05) is 0 Å². The second kappa shape index (κ2) is 10.3. The summed E-state index contributed by atoms with van der Waals surface area (Å²) >= 11 is 0.953. The zero-order valence-corrected chi connectivity index (χ0v) is 20.9. The lowest BCUT2D eigenvalue weighted by Gasteiger charge is -2.13. The summed E-state index contributed by atoms with van der Waals surface area (Å²) in [5, 5.41) is 2.05. The molecular weight excluding hydrogens is 470 g/mol. The number of hydrogen-bond donors (Lipinski definition) is 0. The summed E-state index contributed by atoms with van der Waals surface area (Å²) in [6.07, 6.45) is 1.72. The Morgan fingerprint density at radius 1 is 0.889 bits per heavy atom. The molecule has 0 saturated carbocycles. The molecule has 1 aliphatic rings. The van der Waals surface area contributed by atoms with Gasteiger partial charge in [-0.1, -0.05) is 78.4 Å². The number of benzene rings is 4. The number of aryl methyl sites for hydroxylation is 1. The highest BCUT2D eigenvalue weighted by Crippen LogP contribution is 2.35. The highest BCUT2D eigenvalue weighted by atomic mass is 32.2. The predicted molar refractivity (Wildman–Crippen MR) is 144 cm³/mol. The minimum atomic E-state index is -0.290. The van der Waals surface area contributed by atoms with Crippen LogP contribution in [-0.2, 0) is 17.9 Å². The Labute approximate surface area is 214 Å². The van der Waals surface area contributed by atoms with Gasteiger partial charge in [-0.25, -0.2) is 0 Å². The lowest BCUT2D eigenvalue weighted by Crippen LogP contribution is -2.27. The number of hydrogen-bond acceptors (Lipinski definition) is 5. The molecular formula is C30H25NO4S. The molecule has 0 bridgehead atoms. The molecule has 1 fully saturated rings. The molecule has 180 valence electrons. The molecule has 1 saturated heterocycles. The van der Waals surface area contributed by atoms with Crippen molar-refractivity contribution < 1.29 is 19.1 Å². The Balaban J connectivity index is 1.32. The fraction of sp³-hybridized carbons (Fsp3) is 0.133. The molecule has 1 aliphatic heterocycles. The van der Waals surface area contributed by atoms with E-state index in [1.54, 1.807) is 13.2 Å². The molecule has 0 N–H and O–H groups in total. The Morgan fingerprint density at radius 3 is 2.53 bits per heavy atom. The van der Waals surface area contributed by atoms with Crippen molar-refractivity contribution in [3.05, 3.63) is 112 Å². The standard InChI is InChI=1S/C30H25NO4S/c1-20-7-5-8-22(15-20)18-31-29(32)28(36-30(31)33)17-21-13-14-26(27(16-21)34-2)35-19-24-11-6-10-23-9-3-4-12-25(23)24/h3-17H,18-19H2,1-2H3/b28-17-. The van der Waals surface area contributed by atoms with E-state index in [4.69, 9.17) is 9.47 Å². The van der Waals surface area contributed by atoms with Gasteiger partial charge in [0.25, 0.3) is 11.1 Å². The lowest BCUT2D eigenvalue weighted by atomic mass is 10.1. The van der Waals surface area contributed by atoms with Gasteiger partial charge < -0.3 is 9.47 Å². The van der Waals surface area contributed by atoms with E-state index in [0.29, 0.717) is 23.0 Å². The first-order valence-corrected chi connectivity index (χ1v) is 12.4. The van der Waals surface area contributed by atoms with Crippen LogP contribution < -0.4 is 9.47 Å². The summed E-state index contributed by atoms with van der Waals surface area (Å²) < 4.78 is 11.7. The van der Waals surface area contributed by atoms with Crippen molar-refractivity contribution in [2.24, 2.45) is 0 Å². The van der Waals surface area contributed by atoms with E-state index < -0.39 is 0 Å². The van der Waals surface area contributed by atoms with Gasteiger partial charge in [0.05, 0.1) is 18.6 Å². The van der Waals surface area contributed by atoms with Crippen LogP contribution in [0.15, 0.2) is 89.8 Å². The molecule has 4 aromatic rings. The number of carbonyl (C=O) groups excluding carboxylic acids is 2. The average molecular weight is 496 g/mol. The van der Waals surface area contributed by atoms with Crippen LogP contribution in [0.4, 0.5) is 4.79 Å². The highest BCUT2D eigenvalue weighted by Gasteiger charge is 2.35. The summed E-state index contributed by atoms with van der Waals surface area (Å²) in [5.41, 5.74) is 3.85. The largest absolute Gasteiger partial charge is 0.493 e. The lowest BCUT2D eigenvalue weighted by molar-refractivity contribution is -0.123. The van der Waals surface area contributed by atoms with Crippen molar-refractivity contribution in [1.29, 1.82) is 0 Å². The van der Waals surface area contributed by atoms with Gasteiger partial charge in [-0.05, 0) is 64.4 Å². The van der Waals surface area contributed by atoms with E-state index in [-0.39, 0.29) is 17.7 Å². The van der Waals surface area contributed by atoms with Crippen molar-refractivity contribution in [3.63, 3.8) is 0 Å². The summed E-state index contributed by atoms with van der Waals surface area (Å²) in [6, 6.07) is 27.7. The van der Waals surface area contributed by atoms with Crippen LogP contribution in [0.3, 0.4) is 0 Å². The second-order valence-electron chi connectivity index (χ2n) is 8.59. The number of carbonyl (C=O) groups is 2. The monoisotopic (exact) mass is 495 g/mol. The maximum Gasteiger partial charge on any atom is 0.293 e. The van der Waals surface area contributed by atoms with E-state index in [9.17, 15) is 9.59 Å². The second-order valence-corrected chi connectivity index (χ2v) is 9.59. The summed E-state index contributed by atoms with van der Waals surface area (Å²) in [6.45, 7) is 2.64. The topological polar surface area (TPSA) is 55.8 Å². The van der Waals surface area contributed by atoms with Crippen LogP contribution in [0, 0.1) is 6.92 Å².